The van der Waals surface area contributed by atoms with Crippen molar-refractivity contribution < 1.29 is 22.3 Å². The molecule has 0 heterocycles. The van der Waals surface area contributed by atoms with Crippen molar-refractivity contribution in [3.8, 4) is 5.75 Å². The number of benzene rings is 1. The molecule has 1 N–H and O–H groups in total. The van der Waals surface area contributed by atoms with E-state index in [4.69, 9.17) is 0 Å². The van der Waals surface area contributed by atoms with Gasteiger partial charge in [0.15, 0.2) is 11.6 Å². The van der Waals surface area contributed by atoms with Gasteiger partial charge in [0.25, 0.3) is 0 Å². The van der Waals surface area contributed by atoms with Crippen LogP contribution in [0.2, 0.25) is 0 Å². The molecule has 1 rings (SSSR count). The molecule has 0 aliphatic carbocycles. The minimum absolute atomic E-state index is 0.312. The van der Waals surface area contributed by atoms with E-state index in [0.717, 1.165) is 12.1 Å². The number of hydrogen-bond acceptors (Lipinski definition) is 2. The highest BCUT2D eigenvalue weighted by Crippen LogP contribution is 2.33. The Kier molecular flexibility index (Phi) is 3.63. The Morgan fingerprint density at radius 3 is 2.40 bits per heavy atom. The average Bonchev–Trinajstić information content (AvgIpc) is 1.99. The van der Waals surface area contributed by atoms with E-state index in [9.17, 15) is 17.6 Å². The number of ether oxygens (including phenoxy) is 1. The Morgan fingerprint density at radius 1 is 1.33 bits per heavy atom. The van der Waals surface area contributed by atoms with Crippen molar-refractivity contribution >= 4 is 28.3 Å². The Labute approximate surface area is 96.7 Å². The number of alkyl halides is 3. The van der Waals surface area contributed by atoms with Crippen molar-refractivity contribution in [2.24, 2.45) is 0 Å². The van der Waals surface area contributed by atoms with Crippen LogP contribution in [-0.4, -0.2) is 13.4 Å². The lowest BCUT2D eigenvalue weighted by Crippen LogP contribution is -2.18. The summed E-state index contributed by atoms with van der Waals surface area (Å²) in [5.41, 5.74) is -0.312. The maximum atomic E-state index is 13.2. The molecule has 0 atom stereocenters. The minimum Gasteiger partial charge on any atom is -0.403 e. The fourth-order valence-electron chi connectivity index (χ4n) is 0.998. The summed E-state index contributed by atoms with van der Waals surface area (Å²) in [4.78, 5) is 0. The molecular formula is C8H6F4INO. The molecule has 15 heavy (non-hydrogen) atoms. The first-order chi connectivity index (χ1) is 6.83. The van der Waals surface area contributed by atoms with Gasteiger partial charge in [0.2, 0.25) is 0 Å². The van der Waals surface area contributed by atoms with Gasteiger partial charge in [0, 0.05) is 10.6 Å². The fourth-order valence-corrected chi connectivity index (χ4v) is 1.55. The highest BCUT2D eigenvalue weighted by atomic mass is 127. The van der Waals surface area contributed by atoms with Crippen LogP contribution in [0.25, 0.3) is 0 Å². The Balaban J connectivity index is 3.15. The van der Waals surface area contributed by atoms with Crippen LogP contribution in [0.1, 0.15) is 0 Å². The summed E-state index contributed by atoms with van der Waals surface area (Å²) >= 11 is 1.70. The zero-order chi connectivity index (χ0) is 11.6. The lowest BCUT2D eigenvalue weighted by atomic mass is 10.3. The molecule has 1 aromatic rings. The molecule has 0 unspecified atom stereocenters. The molecule has 84 valence electrons. The van der Waals surface area contributed by atoms with Crippen molar-refractivity contribution in [3.63, 3.8) is 0 Å². The van der Waals surface area contributed by atoms with Gasteiger partial charge in [0.1, 0.15) is 5.69 Å². The lowest BCUT2D eigenvalue weighted by molar-refractivity contribution is -0.274. The highest BCUT2D eigenvalue weighted by Gasteiger charge is 2.32. The molecular weight excluding hydrogens is 329 g/mol. The van der Waals surface area contributed by atoms with Crippen LogP contribution in [0.5, 0.6) is 5.75 Å². The summed E-state index contributed by atoms with van der Waals surface area (Å²) in [6, 6.07) is 2.21. The third kappa shape index (κ3) is 3.40. The van der Waals surface area contributed by atoms with Gasteiger partial charge in [-0.15, -0.1) is 13.2 Å². The van der Waals surface area contributed by atoms with Crippen molar-refractivity contribution in [3.05, 3.63) is 21.5 Å². The van der Waals surface area contributed by atoms with Gasteiger partial charge in [0.05, 0.1) is 0 Å². The normalized spacial score (nSPS) is 11.3. The maximum Gasteiger partial charge on any atom is 0.573 e. The summed E-state index contributed by atoms with van der Waals surface area (Å²) in [5, 5.41) is 2.31. The van der Waals surface area contributed by atoms with Crippen LogP contribution >= 0.6 is 22.6 Å². The van der Waals surface area contributed by atoms with Crippen LogP contribution in [0, 0.1) is 9.39 Å². The summed E-state index contributed by atoms with van der Waals surface area (Å²) < 4.78 is 53.0. The minimum atomic E-state index is -4.83. The molecule has 0 saturated heterocycles. The van der Waals surface area contributed by atoms with E-state index in [2.05, 4.69) is 10.1 Å². The second-order valence-corrected chi connectivity index (χ2v) is 3.80. The van der Waals surface area contributed by atoms with Crippen LogP contribution in [0.4, 0.5) is 23.2 Å². The topological polar surface area (TPSA) is 21.3 Å². The standard InChI is InChI=1S/C8H6F4INO/c1-14-7-5(9)2-4(13)3-6(7)15-8(10,11)12/h2-3,14H,1H3. The number of anilines is 1. The number of nitrogens with one attached hydrogen (secondary N) is 1. The second-order valence-electron chi connectivity index (χ2n) is 2.56. The van der Waals surface area contributed by atoms with Crippen LogP contribution in [0.3, 0.4) is 0 Å². The van der Waals surface area contributed by atoms with Crippen molar-refractivity contribution in [1.82, 2.24) is 0 Å². The van der Waals surface area contributed by atoms with Crippen molar-refractivity contribution in [1.29, 1.82) is 0 Å². The Morgan fingerprint density at radius 2 is 1.93 bits per heavy atom. The first kappa shape index (κ1) is 12.3. The van der Waals surface area contributed by atoms with Crippen molar-refractivity contribution in [2.75, 3.05) is 12.4 Å². The molecule has 2 nitrogen and oxygen atoms in total. The predicted octanol–water partition coefficient (Wildman–Crippen LogP) is 3.37. The molecule has 0 aliphatic rings. The Bertz CT molecular complexity index is 366. The van der Waals surface area contributed by atoms with E-state index < -0.39 is 17.9 Å². The van der Waals surface area contributed by atoms with Gasteiger partial charge in [-0.25, -0.2) is 4.39 Å². The monoisotopic (exact) mass is 335 g/mol. The van der Waals surface area contributed by atoms with E-state index in [1.165, 1.54) is 7.05 Å². The summed E-state index contributed by atoms with van der Waals surface area (Å²) in [6.45, 7) is 0. The smallest absolute Gasteiger partial charge is 0.403 e. The zero-order valence-electron chi connectivity index (χ0n) is 7.45. The number of rotatable bonds is 2. The zero-order valence-corrected chi connectivity index (χ0v) is 9.61. The van der Waals surface area contributed by atoms with E-state index in [1.807, 2.05) is 0 Å². The van der Waals surface area contributed by atoms with E-state index in [1.54, 1.807) is 22.6 Å². The largest absolute Gasteiger partial charge is 0.573 e. The quantitative estimate of drug-likeness (QED) is 0.661. The first-order valence-electron chi connectivity index (χ1n) is 3.76. The molecule has 0 aromatic heterocycles. The van der Waals surface area contributed by atoms with Gasteiger partial charge in [-0.2, -0.15) is 0 Å². The molecule has 0 amide bonds. The lowest BCUT2D eigenvalue weighted by Gasteiger charge is -2.13. The van der Waals surface area contributed by atoms with Gasteiger partial charge >= 0.3 is 6.36 Å². The summed E-state index contributed by atoms with van der Waals surface area (Å²) in [5.74, 6) is -1.36. The average molecular weight is 335 g/mol. The molecule has 0 fully saturated rings. The third-order valence-corrected chi connectivity index (χ3v) is 2.12. The predicted molar refractivity (Wildman–Crippen MR) is 55.3 cm³/mol. The highest BCUT2D eigenvalue weighted by molar-refractivity contribution is 14.1. The van der Waals surface area contributed by atoms with Crippen LogP contribution in [-0.2, 0) is 0 Å². The molecule has 0 saturated carbocycles. The van der Waals surface area contributed by atoms with E-state index in [-0.39, 0.29) is 5.69 Å². The van der Waals surface area contributed by atoms with Gasteiger partial charge in [-0.1, -0.05) is 0 Å². The van der Waals surface area contributed by atoms with Crippen LogP contribution in [0.15, 0.2) is 12.1 Å². The van der Waals surface area contributed by atoms with Crippen LogP contribution < -0.4 is 10.1 Å². The van der Waals surface area contributed by atoms with Gasteiger partial charge in [-0.3, -0.25) is 0 Å². The summed E-state index contributed by atoms with van der Waals surface area (Å²) in [6.07, 6.45) is -4.83. The summed E-state index contributed by atoms with van der Waals surface area (Å²) in [7, 11) is 1.31. The molecule has 0 bridgehead atoms. The molecule has 1 aromatic carbocycles. The van der Waals surface area contributed by atoms with E-state index >= 15 is 0 Å². The van der Waals surface area contributed by atoms with Gasteiger partial charge < -0.3 is 10.1 Å². The van der Waals surface area contributed by atoms with Crippen molar-refractivity contribution in [2.45, 2.75) is 6.36 Å². The van der Waals surface area contributed by atoms with Gasteiger partial charge in [-0.05, 0) is 34.7 Å². The molecule has 0 spiro atoms. The third-order valence-electron chi connectivity index (χ3n) is 1.49. The SMILES string of the molecule is CNc1c(F)cc(I)cc1OC(F)(F)F. The molecule has 0 aliphatic heterocycles. The van der Waals surface area contributed by atoms with E-state index in [0.29, 0.717) is 3.57 Å². The first-order valence-corrected chi connectivity index (χ1v) is 4.84. The number of halogens is 5. The fraction of sp³-hybridized carbons (Fsp3) is 0.250. The molecule has 7 heteroatoms. The number of hydrogen-bond donors (Lipinski definition) is 1. The maximum absolute atomic E-state index is 13.2. The Hall–Kier alpha value is -0.730. The second kappa shape index (κ2) is 4.42. The molecule has 0 radical (unpaired) electrons.